The van der Waals surface area contributed by atoms with Gasteiger partial charge >= 0.3 is 0 Å². The van der Waals surface area contributed by atoms with Crippen LogP contribution in [0.1, 0.15) is 32.3 Å². The molecule has 5 heteroatoms. The van der Waals surface area contributed by atoms with Gasteiger partial charge in [-0.1, -0.05) is 13.8 Å². The second-order valence-electron chi connectivity index (χ2n) is 5.38. The SMILES string of the molecule is CN=C(NCCCC(C)C)NCc1cc(OC)ccc1O. The van der Waals surface area contributed by atoms with E-state index in [-0.39, 0.29) is 5.75 Å². The number of aromatic hydroxyl groups is 1. The van der Waals surface area contributed by atoms with Gasteiger partial charge in [0, 0.05) is 25.7 Å². The zero-order valence-electron chi connectivity index (χ0n) is 13.4. The molecule has 0 bridgehead atoms. The lowest BCUT2D eigenvalue weighted by Crippen LogP contribution is -2.37. The minimum atomic E-state index is 0.249. The number of rotatable bonds is 7. The number of phenols is 1. The van der Waals surface area contributed by atoms with Crippen LogP contribution in [0.15, 0.2) is 23.2 Å². The predicted octanol–water partition coefficient (Wildman–Crippen LogP) is 2.50. The van der Waals surface area contributed by atoms with Gasteiger partial charge in [0.25, 0.3) is 0 Å². The number of phenolic OH excluding ortho intramolecular Hbond substituents is 1. The van der Waals surface area contributed by atoms with Crippen LogP contribution in [0.25, 0.3) is 0 Å². The third kappa shape index (κ3) is 6.38. The molecule has 0 fully saturated rings. The van der Waals surface area contributed by atoms with Gasteiger partial charge in [-0.2, -0.15) is 0 Å². The number of benzene rings is 1. The Hall–Kier alpha value is -1.91. The van der Waals surface area contributed by atoms with Crippen LogP contribution in [0.3, 0.4) is 0 Å². The molecule has 0 aromatic heterocycles. The van der Waals surface area contributed by atoms with Gasteiger partial charge in [0.1, 0.15) is 11.5 Å². The lowest BCUT2D eigenvalue weighted by Gasteiger charge is -2.13. The average molecular weight is 293 g/mol. The summed E-state index contributed by atoms with van der Waals surface area (Å²) in [6.45, 7) is 5.83. The third-order valence-electron chi connectivity index (χ3n) is 3.21. The quantitative estimate of drug-likeness (QED) is 0.410. The van der Waals surface area contributed by atoms with Gasteiger partial charge in [0.05, 0.1) is 7.11 Å². The van der Waals surface area contributed by atoms with Crippen molar-refractivity contribution >= 4 is 5.96 Å². The number of nitrogens with zero attached hydrogens (tertiary/aromatic N) is 1. The Balaban J connectivity index is 2.44. The van der Waals surface area contributed by atoms with Crippen LogP contribution in [0, 0.1) is 5.92 Å². The first-order valence-corrected chi connectivity index (χ1v) is 7.37. The van der Waals surface area contributed by atoms with Crippen LogP contribution in [-0.2, 0) is 6.54 Å². The highest BCUT2D eigenvalue weighted by Crippen LogP contribution is 2.22. The summed E-state index contributed by atoms with van der Waals surface area (Å²) in [5.41, 5.74) is 0.777. The number of guanidine groups is 1. The summed E-state index contributed by atoms with van der Waals surface area (Å²) in [5.74, 6) is 2.43. The first-order chi connectivity index (χ1) is 10.1. The summed E-state index contributed by atoms with van der Waals surface area (Å²) in [6, 6.07) is 5.18. The fraction of sp³-hybridized carbons (Fsp3) is 0.562. The van der Waals surface area contributed by atoms with E-state index in [4.69, 9.17) is 4.74 Å². The molecule has 5 nitrogen and oxygen atoms in total. The van der Waals surface area contributed by atoms with Crippen LogP contribution in [0.2, 0.25) is 0 Å². The number of ether oxygens (including phenoxy) is 1. The van der Waals surface area contributed by atoms with E-state index >= 15 is 0 Å². The van der Waals surface area contributed by atoms with Crippen molar-refractivity contribution in [3.8, 4) is 11.5 Å². The van der Waals surface area contributed by atoms with Crippen molar-refractivity contribution < 1.29 is 9.84 Å². The van der Waals surface area contributed by atoms with Crippen molar-refractivity contribution in [1.29, 1.82) is 0 Å². The van der Waals surface area contributed by atoms with Crippen molar-refractivity contribution in [2.24, 2.45) is 10.9 Å². The molecule has 0 unspecified atom stereocenters. The Labute approximate surface area is 127 Å². The van der Waals surface area contributed by atoms with E-state index in [9.17, 15) is 5.11 Å². The molecule has 0 aliphatic heterocycles. The maximum absolute atomic E-state index is 9.84. The first kappa shape index (κ1) is 17.1. The molecule has 1 aromatic carbocycles. The minimum Gasteiger partial charge on any atom is -0.508 e. The first-order valence-electron chi connectivity index (χ1n) is 7.37. The summed E-state index contributed by atoms with van der Waals surface area (Å²) in [4.78, 5) is 4.17. The normalized spacial score (nSPS) is 11.6. The number of hydrogen-bond donors (Lipinski definition) is 3. The highest BCUT2D eigenvalue weighted by Gasteiger charge is 2.05. The Kier molecular flexibility index (Phi) is 7.43. The number of nitrogens with one attached hydrogen (secondary N) is 2. The molecule has 21 heavy (non-hydrogen) atoms. The van der Waals surface area contributed by atoms with Crippen molar-refractivity contribution in [1.82, 2.24) is 10.6 Å². The molecular weight excluding hydrogens is 266 g/mol. The summed E-state index contributed by atoms with van der Waals surface area (Å²) >= 11 is 0. The molecule has 1 rings (SSSR count). The molecule has 118 valence electrons. The predicted molar refractivity (Wildman–Crippen MR) is 86.9 cm³/mol. The molecule has 0 saturated heterocycles. The zero-order valence-corrected chi connectivity index (χ0v) is 13.4. The average Bonchev–Trinajstić information content (AvgIpc) is 2.47. The van der Waals surface area contributed by atoms with E-state index < -0.39 is 0 Å². The van der Waals surface area contributed by atoms with Crippen molar-refractivity contribution in [2.75, 3.05) is 20.7 Å². The Morgan fingerprint density at radius 1 is 1.33 bits per heavy atom. The van der Waals surface area contributed by atoms with Gasteiger partial charge < -0.3 is 20.5 Å². The van der Waals surface area contributed by atoms with Gasteiger partial charge in [0.15, 0.2) is 5.96 Å². The molecule has 3 N–H and O–H groups in total. The standard InChI is InChI=1S/C16H27N3O2/c1-12(2)6-5-9-18-16(17-3)19-11-13-10-14(21-4)7-8-15(13)20/h7-8,10,12,20H,5-6,9,11H2,1-4H3,(H2,17,18,19). The molecular formula is C16H27N3O2. The summed E-state index contributed by atoms with van der Waals surface area (Å²) in [6.07, 6.45) is 2.31. The topological polar surface area (TPSA) is 65.9 Å². The van der Waals surface area contributed by atoms with Crippen LogP contribution < -0.4 is 15.4 Å². The molecule has 0 amide bonds. The highest BCUT2D eigenvalue weighted by molar-refractivity contribution is 5.79. The van der Waals surface area contributed by atoms with Crippen LogP contribution in [-0.4, -0.2) is 31.8 Å². The van der Waals surface area contributed by atoms with Crippen LogP contribution in [0.5, 0.6) is 11.5 Å². The maximum Gasteiger partial charge on any atom is 0.191 e. The molecule has 0 spiro atoms. The smallest absolute Gasteiger partial charge is 0.191 e. The van der Waals surface area contributed by atoms with E-state index in [0.29, 0.717) is 6.54 Å². The van der Waals surface area contributed by atoms with E-state index in [1.165, 1.54) is 6.42 Å². The molecule has 0 radical (unpaired) electrons. The third-order valence-corrected chi connectivity index (χ3v) is 3.21. The largest absolute Gasteiger partial charge is 0.508 e. The van der Waals surface area contributed by atoms with Gasteiger partial charge in [0.2, 0.25) is 0 Å². The summed E-state index contributed by atoms with van der Waals surface area (Å²) in [7, 11) is 3.35. The van der Waals surface area contributed by atoms with Gasteiger partial charge in [-0.3, -0.25) is 4.99 Å². The number of hydrogen-bond acceptors (Lipinski definition) is 3. The fourth-order valence-corrected chi connectivity index (χ4v) is 1.95. The molecule has 0 aliphatic rings. The van der Waals surface area contributed by atoms with Crippen molar-refractivity contribution in [3.05, 3.63) is 23.8 Å². The van der Waals surface area contributed by atoms with Gasteiger partial charge in [-0.15, -0.1) is 0 Å². The fourth-order valence-electron chi connectivity index (χ4n) is 1.95. The number of aliphatic imine (C=N–C) groups is 1. The minimum absolute atomic E-state index is 0.249. The molecule has 0 atom stereocenters. The van der Waals surface area contributed by atoms with Gasteiger partial charge in [-0.25, -0.2) is 0 Å². The second kappa shape index (κ2) is 9.10. The zero-order chi connectivity index (χ0) is 15.7. The number of methoxy groups -OCH3 is 1. The molecule has 1 aromatic rings. The summed E-state index contributed by atoms with van der Waals surface area (Å²) in [5, 5.41) is 16.3. The molecule has 0 aliphatic carbocycles. The lowest BCUT2D eigenvalue weighted by atomic mass is 10.1. The maximum atomic E-state index is 9.84. The Morgan fingerprint density at radius 2 is 2.10 bits per heavy atom. The van der Waals surface area contributed by atoms with Crippen molar-refractivity contribution in [2.45, 2.75) is 33.2 Å². The van der Waals surface area contributed by atoms with E-state index in [0.717, 1.165) is 36.2 Å². The van der Waals surface area contributed by atoms with Gasteiger partial charge in [-0.05, 0) is 37.0 Å². The van der Waals surface area contributed by atoms with Crippen LogP contribution in [0.4, 0.5) is 0 Å². The Morgan fingerprint density at radius 3 is 2.71 bits per heavy atom. The molecule has 0 saturated carbocycles. The second-order valence-corrected chi connectivity index (χ2v) is 5.38. The van der Waals surface area contributed by atoms with E-state index in [2.05, 4.69) is 29.5 Å². The van der Waals surface area contributed by atoms with E-state index in [1.54, 1.807) is 26.3 Å². The highest BCUT2D eigenvalue weighted by atomic mass is 16.5. The van der Waals surface area contributed by atoms with Crippen LogP contribution >= 0.6 is 0 Å². The van der Waals surface area contributed by atoms with E-state index in [1.807, 2.05) is 6.07 Å². The monoisotopic (exact) mass is 293 g/mol. The lowest BCUT2D eigenvalue weighted by molar-refractivity contribution is 0.410. The Bertz CT molecular complexity index is 459. The molecule has 0 heterocycles. The van der Waals surface area contributed by atoms with Crippen molar-refractivity contribution in [3.63, 3.8) is 0 Å². The summed E-state index contributed by atoms with van der Waals surface area (Å²) < 4.78 is 5.16.